The fourth-order valence-electron chi connectivity index (χ4n) is 5.36. The molecule has 10 nitrogen and oxygen atoms in total. The number of carbonyl (C=O) groups is 3. The van der Waals surface area contributed by atoms with Crippen LogP contribution in [-0.2, 0) is 9.53 Å². The van der Waals surface area contributed by atoms with Crippen molar-refractivity contribution in [2.45, 2.75) is 44.2 Å². The van der Waals surface area contributed by atoms with E-state index < -0.39 is 11.8 Å². The molecule has 2 heterocycles. The number of methoxy groups -OCH3 is 2. The van der Waals surface area contributed by atoms with Crippen molar-refractivity contribution in [2.24, 2.45) is 4.99 Å². The van der Waals surface area contributed by atoms with Crippen LogP contribution in [0.5, 0.6) is 11.5 Å². The normalized spacial score (nSPS) is 19.3. The summed E-state index contributed by atoms with van der Waals surface area (Å²) in [6, 6.07) is 14.1. The van der Waals surface area contributed by atoms with Gasteiger partial charge in [0, 0.05) is 47.5 Å². The van der Waals surface area contributed by atoms with E-state index in [0.717, 1.165) is 35.2 Å². The van der Waals surface area contributed by atoms with Crippen molar-refractivity contribution in [3.05, 3.63) is 88.7 Å². The highest BCUT2D eigenvalue weighted by atomic mass is 16.5. The van der Waals surface area contributed by atoms with E-state index in [-0.39, 0.29) is 24.0 Å². The maximum Gasteiger partial charge on any atom is 0.302 e. The summed E-state index contributed by atoms with van der Waals surface area (Å²) in [6.45, 7) is 1.43. The van der Waals surface area contributed by atoms with Gasteiger partial charge in [-0.15, -0.1) is 0 Å². The van der Waals surface area contributed by atoms with Crippen molar-refractivity contribution >= 4 is 23.5 Å². The molecule has 2 aliphatic rings. The molecule has 0 radical (unpaired) electrons. The molecular weight excluding hydrogens is 512 g/mol. The third-order valence-electron chi connectivity index (χ3n) is 7.26. The molecule has 10 heteroatoms. The molecule has 2 amide bonds. The Bertz CT molecular complexity index is 1460. The molecular formula is C30H30N4O6. The molecule has 5 rings (SSSR count). The number of nitrogens with zero attached hydrogens (tertiary/aromatic N) is 2. The lowest BCUT2D eigenvalue weighted by Gasteiger charge is -2.38. The first kappa shape index (κ1) is 26.9. The number of carbonyl (C=O) groups excluding carboxylic acids is 3. The number of fused-ring (bicyclic) bond motifs is 3. The summed E-state index contributed by atoms with van der Waals surface area (Å²) in [5.74, 6) is 0.0956. The van der Waals surface area contributed by atoms with Crippen LogP contribution in [0.2, 0.25) is 0 Å². The summed E-state index contributed by atoms with van der Waals surface area (Å²) in [7, 11) is 3.19. The number of hydrogen-bond donors (Lipinski definition) is 2. The minimum absolute atomic E-state index is 0.0128. The van der Waals surface area contributed by atoms with Crippen LogP contribution >= 0.6 is 0 Å². The molecule has 1 aromatic heterocycles. The minimum atomic E-state index is -0.449. The van der Waals surface area contributed by atoms with Crippen LogP contribution in [0.3, 0.4) is 0 Å². The van der Waals surface area contributed by atoms with Crippen LogP contribution in [0.15, 0.2) is 65.9 Å². The summed E-state index contributed by atoms with van der Waals surface area (Å²) in [5.41, 5.74) is 9.21. The van der Waals surface area contributed by atoms with Crippen molar-refractivity contribution in [3.63, 3.8) is 0 Å². The Hall–Kier alpha value is -4.73. The van der Waals surface area contributed by atoms with Gasteiger partial charge < -0.3 is 14.2 Å². The fraction of sp³-hybridized carbons (Fsp3) is 0.300. The summed E-state index contributed by atoms with van der Waals surface area (Å²) >= 11 is 0. The largest absolute Gasteiger partial charge is 0.493 e. The van der Waals surface area contributed by atoms with Gasteiger partial charge >= 0.3 is 5.97 Å². The predicted octanol–water partition coefficient (Wildman–Crippen LogP) is 3.59. The lowest BCUT2D eigenvalue weighted by molar-refractivity contribution is -0.148. The summed E-state index contributed by atoms with van der Waals surface area (Å²) in [5, 5.41) is 0. The molecule has 0 saturated heterocycles. The van der Waals surface area contributed by atoms with Crippen LogP contribution in [0, 0.1) is 0 Å². The van der Waals surface area contributed by atoms with Crippen molar-refractivity contribution in [3.8, 4) is 11.5 Å². The summed E-state index contributed by atoms with van der Waals surface area (Å²) < 4.78 is 16.7. The smallest absolute Gasteiger partial charge is 0.302 e. The number of pyridine rings is 1. The number of aliphatic imine (C=N–C) groups is 1. The highest BCUT2D eigenvalue weighted by Gasteiger charge is 2.38. The Kier molecular flexibility index (Phi) is 7.77. The van der Waals surface area contributed by atoms with Crippen molar-refractivity contribution in [1.29, 1.82) is 0 Å². The van der Waals surface area contributed by atoms with Gasteiger partial charge in [-0.3, -0.25) is 35.2 Å². The van der Waals surface area contributed by atoms with Gasteiger partial charge in [0.1, 0.15) is 6.10 Å². The van der Waals surface area contributed by atoms with E-state index in [9.17, 15) is 14.4 Å². The first-order chi connectivity index (χ1) is 19.4. The lowest BCUT2D eigenvalue weighted by atomic mass is 9.74. The molecule has 3 aromatic rings. The number of benzene rings is 2. The zero-order valence-electron chi connectivity index (χ0n) is 22.5. The molecule has 1 saturated carbocycles. The van der Waals surface area contributed by atoms with Crippen molar-refractivity contribution < 1.29 is 28.6 Å². The van der Waals surface area contributed by atoms with Crippen LogP contribution in [0.1, 0.15) is 69.5 Å². The van der Waals surface area contributed by atoms with Crippen LogP contribution in [0.4, 0.5) is 0 Å². The highest BCUT2D eigenvalue weighted by molar-refractivity contribution is 6.15. The van der Waals surface area contributed by atoms with E-state index in [2.05, 4.69) is 15.8 Å². The number of amides is 2. The van der Waals surface area contributed by atoms with Gasteiger partial charge in [0.25, 0.3) is 11.8 Å². The molecule has 0 bridgehead atoms. The number of nitrogens with one attached hydrogen (secondary N) is 2. The molecule has 0 spiro atoms. The third kappa shape index (κ3) is 5.51. The molecule has 1 aliphatic heterocycles. The van der Waals surface area contributed by atoms with E-state index in [4.69, 9.17) is 19.2 Å². The molecule has 2 aromatic carbocycles. The second-order valence-electron chi connectivity index (χ2n) is 9.71. The number of hydrazine groups is 1. The van der Waals surface area contributed by atoms with Crippen LogP contribution in [0.25, 0.3) is 0 Å². The molecule has 3 unspecified atom stereocenters. The second kappa shape index (κ2) is 11.6. The predicted molar refractivity (Wildman–Crippen MR) is 147 cm³/mol. The molecule has 40 heavy (non-hydrogen) atoms. The Morgan fingerprint density at radius 1 is 0.850 bits per heavy atom. The topological polar surface area (TPSA) is 128 Å². The molecule has 2 N–H and O–H groups in total. The summed E-state index contributed by atoms with van der Waals surface area (Å²) in [6.07, 6.45) is 5.03. The van der Waals surface area contributed by atoms with Gasteiger partial charge in [0.15, 0.2) is 11.5 Å². The first-order valence-corrected chi connectivity index (χ1v) is 13.0. The Balaban J connectivity index is 1.40. The monoisotopic (exact) mass is 542 g/mol. The van der Waals surface area contributed by atoms with Crippen molar-refractivity contribution in [1.82, 2.24) is 15.8 Å². The zero-order valence-corrected chi connectivity index (χ0v) is 22.5. The SMILES string of the molecule is COc1cc2c(cc1OC)C1CC(OC(C)=O)CCC1N=C2c1ccc(C(=O)NNC(=O)c2ccncc2)cc1. The number of rotatable bonds is 6. The number of esters is 1. The quantitative estimate of drug-likeness (QED) is 0.360. The highest BCUT2D eigenvalue weighted by Crippen LogP contribution is 2.45. The maximum atomic E-state index is 12.7. The molecule has 1 fully saturated rings. The lowest BCUT2D eigenvalue weighted by Crippen LogP contribution is -2.41. The maximum absolute atomic E-state index is 12.7. The Labute approximate surface area is 231 Å². The van der Waals surface area contributed by atoms with Gasteiger partial charge in [-0.05, 0) is 61.2 Å². The standard InChI is InChI=1S/C30H30N4O6/c1-17(35)40-21-8-9-25-23(14-21)22-15-26(38-2)27(39-3)16-24(22)28(32-25)18-4-6-19(7-5-18)29(36)33-34-30(37)20-10-12-31-13-11-20/h4-7,10-13,15-16,21,23,25H,8-9,14H2,1-3H3,(H,33,36)(H,34,37). The van der Waals surface area contributed by atoms with Crippen molar-refractivity contribution in [2.75, 3.05) is 14.2 Å². The first-order valence-electron chi connectivity index (χ1n) is 13.0. The van der Waals surface area contributed by atoms with Gasteiger partial charge in [-0.25, -0.2) is 0 Å². The Morgan fingerprint density at radius 3 is 2.10 bits per heavy atom. The van der Waals surface area contributed by atoms with Crippen LogP contribution in [-0.4, -0.2) is 54.8 Å². The van der Waals surface area contributed by atoms with Gasteiger partial charge in [0.2, 0.25) is 0 Å². The van der Waals surface area contributed by atoms with Gasteiger partial charge in [-0.2, -0.15) is 0 Å². The number of aromatic nitrogens is 1. The zero-order chi connectivity index (χ0) is 28.2. The van der Waals surface area contributed by atoms with E-state index >= 15 is 0 Å². The van der Waals surface area contributed by atoms with Gasteiger partial charge in [0.05, 0.1) is 26.0 Å². The minimum Gasteiger partial charge on any atom is -0.493 e. The van der Waals surface area contributed by atoms with E-state index in [1.54, 1.807) is 38.5 Å². The van der Waals surface area contributed by atoms with Gasteiger partial charge in [-0.1, -0.05) is 12.1 Å². The average Bonchev–Trinajstić information content (AvgIpc) is 2.98. The number of ether oxygens (including phenoxy) is 3. The third-order valence-corrected chi connectivity index (χ3v) is 7.26. The van der Waals surface area contributed by atoms with E-state index in [1.807, 2.05) is 24.3 Å². The fourth-order valence-corrected chi connectivity index (χ4v) is 5.36. The number of hydrogen-bond acceptors (Lipinski definition) is 8. The Morgan fingerprint density at radius 2 is 1.48 bits per heavy atom. The summed E-state index contributed by atoms with van der Waals surface area (Å²) in [4.78, 5) is 45.5. The van der Waals surface area contributed by atoms with E-state index in [0.29, 0.717) is 29.0 Å². The van der Waals surface area contributed by atoms with Crippen LogP contribution < -0.4 is 20.3 Å². The average molecular weight is 543 g/mol. The van der Waals surface area contributed by atoms with E-state index in [1.165, 1.54) is 19.3 Å². The molecule has 206 valence electrons. The second-order valence-corrected chi connectivity index (χ2v) is 9.71. The molecule has 3 atom stereocenters. The molecule has 1 aliphatic carbocycles.